The molecule has 2 heterocycles. The molecule has 134 valence electrons. The van der Waals surface area contributed by atoms with Crippen molar-refractivity contribution in [2.45, 2.75) is 32.7 Å². The Kier molecular flexibility index (Phi) is 3.90. The summed E-state index contributed by atoms with van der Waals surface area (Å²) in [4.78, 5) is 12.5. The molecule has 1 atom stereocenters. The minimum Gasteiger partial charge on any atom is -0.472 e. The Morgan fingerprint density at radius 1 is 1.31 bits per heavy atom. The molecule has 3 aromatic rings. The minimum absolute atomic E-state index is 0.000837. The van der Waals surface area contributed by atoms with Crippen LogP contribution in [0.25, 0.3) is 5.69 Å². The fraction of sp³-hybridized carbons (Fsp3) is 0.300. The van der Waals surface area contributed by atoms with Crippen molar-refractivity contribution in [2.24, 2.45) is 5.41 Å². The normalized spacial score (nSPS) is 18.3. The first-order valence-corrected chi connectivity index (χ1v) is 8.59. The summed E-state index contributed by atoms with van der Waals surface area (Å²) in [5.74, 6) is -0.442. The van der Waals surface area contributed by atoms with Crippen LogP contribution in [0.1, 0.15) is 47.9 Å². The van der Waals surface area contributed by atoms with Gasteiger partial charge in [-0.25, -0.2) is 9.07 Å². The van der Waals surface area contributed by atoms with E-state index in [9.17, 15) is 9.18 Å². The van der Waals surface area contributed by atoms with E-state index in [1.54, 1.807) is 24.4 Å². The van der Waals surface area contributed by atoms with Gasteiger partial charge in [0.2, 0.25) is 0 Å². The monoisotopic (exact) mass is 353 g/mol. The highest BCUT2D eigenvalue weighted by Crippen LogP contribution is 2.41. The Labute approximate surface area is 150 Å². The van der Waals surface area contributed by atoms with Gasteiger partial charge in [0.15, 0.2) is 0 Å². The van der Waals surface area contributed by atoms with Gasteiger partial charge in [-0.15, -0.1) is 0 Å². The average molecular weight is 353 g/mol. The number of carbonyl (C=O) groups excluding carboxylic acids is 1. The molecule has 0 fully saturated rings. The molecule has 0 spiro atoms. The Morgan fingerprint density at radius 2 is 2.08 bits per heavy atom. The molecule has 5 nitrogen and oxygen atoms in total. The lowest BCUT2D eigenvalue weighted by Crippen LogP contribution is -2.36. The highest BCUT2D eigenvalue weighted by Gasteiger charge is 2.36. The topological polar surface area (TPSA) is 60.1 Å². The molecule has 0 aliphatic heterocycles. The van der Waals surface area contributed by atoms with E-state index in [4.69, 9.17) is 4.42 Å². The molecule has 1 aliphatic carbocycles. The maximum Gasteiger partial charge on any atom is 0.255 e. The summed E-state index contributed by atoms with van der Waals surface area (Å²) in [6, 6.07) is 7.79. The quantitative estimate of drug-likeness (QED) is 0.773. The predicted octanol–water partition coefficient (Wildman–Crippen LogP) is 4.05. The summed E-state index contributed by atoms with van der Waals surface area (Å²) in [6.45, 7) is 4.35. The third-order valence-electron chi connectivity index (χ3n) is 4.84. The van der Waals surface area contributed by atoms with Gasteiger partial charge < -0.3 is 9.73 Å². The number of nitrogens with one attached hydrogen (secondary N) is 1. The Hall–Kier alpha value is -2.89. The molecule has 0 bridgehead atoms. The van der Waals surface area contributed by atoms with E-state index >= 15 is 0 Å². The number of hydrogen-bond acceptors (Lipinski definition) is 3. The summed E-state index contributed by atoms with van der Waals surface area (Å²) >= 11 is 0. The summed E-state index contributed by atoms with van der Waals surface area (Å²) in [6.07, 6.45) is 6.37. The van der Waals surface area contributed by atoms with Gasteiger partial charge >= 0.3 is 0 Å². The van der Waals surface area contributed by atoms with Crippen molar-refractivity contribution in [1.82, 2.24) is 15.1 Å². The molecule has 1 aliphatic rings. The van der Waals surface area contributed by atoms with Crippen molar-refractivity contribution >= 4 is 5.91 Å². The molecule has 0 saturated carbocycles. The fourth-order valence-corrected chi connectivity index (χ4v) is 3.61. The lowest BCUT2D eigenvalue weighted by Gasteiger charge is -2.35. The molecule has 2 aromatic heterocycles. The fourth-order valence-electron chi connectivity index (χ4n) is 3.61. The molecule has 0 radical (unpaired) electrons. The van der Waals surface area contributed by atoms with E-state index in [1.807, 2.05) is 4.68 Å². The molecule has 6 heteroatoms. The van der Waals surface area contributed by atoms with E-state index in [1.165, 1.54) is 24.7 Å². The van der Waals surface area contributed by atoms with Crippen LogP contribution in [0.4, 0.5) is 4.39 Å². The molecule has 0 unspecified atom stereocenters. The zero-order valence-corrected chi connectivity index (χ0v) is 14.7. The second kappa shape index (κ2) is 6.12. The third kappa shape index (κ3) is 3.03. The standard InChI is InChI=1S/C20H20FN3O2/c1-20(2)9-17(23-19(25)13-7-8-26-12-13)16-11-22-24(18(16)10-20)15-5-3-14(21)4-6-15/h3-8,11-12,17H,9-10H2,1-2H3,(H,23,25)/t17-/m1/s1. The van der Waals surface area contributed by atoms with Crippen LogP contribution in [0.3, 0.4) is 0 Å². The third-order valence-corrected chi connectivity index (χ3v) is 4.84. The Morgan fingerprint density at radius 3 is 2.77 bits per heavy atom. The van der Waals surface area contributed by atoms with Crippen LogP contribution in [0.5, 0.6) is 0 Å². The van der Waals surface area contributed by atoms with Crippen LogP contribution in [0, 0.1) is 11.2 Å². The van der Waals surface area contributed by atoms with Crippen LogP contribution in [0.15, 0.2) is 53.5 Å². The number of rotatable bonds is 3. The summed E-state index contributed by atoms with van der Waals surface area (Å²) < 4.78 is 20.1. The number of benzene rings is 1. The van der Waals surface area contributed by atoms with Gasteiger partial charge in [0.25, 0.3) is 5.91 Å². The van der Waals surface area contributed by atoms with Crippen LogP contribution in [-0.2, 0) is 6.42 Å². The highest BCUT2D eigenvalue weighted by atomic mass is 19.1. The first kappa shape index (κ1) is 16.6. The maximum absolute atomic E-state index is 13.2. The highest BCUT2D eigenvalue weighted by molar-refractivity contribution is 5.94. The largest absolute Gasteiger partial charge is 0.472 e. The Balaban J connectivity index is 1.69. The summed E-state index contributed by atoms with van der Waals surface area (Å²) in [5, 5.41) is 7.60. The zero-order valence-electron chi connectivity index (χ0n) is 14.7. The van der Waals surface area contributed by atoms with Gasteiger partial charge in [0.1, 0.15) is 12.1 Å². The smallest absolute Gasteiger partial charge is 0.255 e. The minimum atomic E-state index is -0.277. The second-order valence-corrected chi connectivity index (χ2v) is 7.52. The SMILES string of the molecule is CC1(C)Cc2c(cnn2-c2ccc(F)cc2)[C@H](NC(=O)c2ccoc2)C1. The lowest BCUT2D eigenvalue weighted by atomic mass is 9.74. The van der Waals surface area contributed by atoms with Crippen LogP contribution in [-0.4, -0.2) is 15.7 Å². The zero-order chi connectivity index (χ0) is 18.3. The first-order valence-electron chi connectivity index (χ1n) is 8.59. The van der Waals surface area contributed by atoms with E-state index < -0.39 is 0 Å². The van der Waals surface area contributed by atoms with Gasteiger partial charge in [0.05, 0.1) is 35.4 Å². The number of carbonyl (C=O) groups is 1. The van der Waals surface area contributed by atoms with Gasteiger partial charge in [0, 0.05) is 5.56 Å². The molecule has 0 saturated heterocycles. The van der Waals surface area contributed by atoms with E-state index in [0.717, 1.165) is 29.8 Å². The average Bonchev–Trinajstić information content (AvgIpc) is 3.24. The van der Waals surface area contributed by atoms with Gasteiger partial charge in [-0.3, -0.25) is 4.79 Å². The van der Waals surface area contributed by atoms with Crippen LogP contribution < -0.4 is 5.32 Å². The number of amides is 1. The number of aromatic nitrogens is 2. The van der Waals surface area contributed by atoms with Crippen molar-refractivity contribution in [2.75, 3.05) is 0 Å². The molecule has 1 N–H and O–H groups in total. The summed E-state index contributed by atoms with van der Waals surface area (Å²) in [7, 11) is 0. The van der Waals surface area contributed by atoms with E-state index in [-0.39, 0.29) is 23.2 Å². The number of furan rings is 1. The maximum atomic E-state index is 13.2. The second-order valence-electron chi connectivity index (χ2n) is 7.52. The summed E-state index contributed by atoms with van der Waals surface area (Å²) in [5.41, 5.74) is 3.36. The van der Waals surface area contributed by atoms with Gasteiger partial charge in [-0.05, 0) is 48.6 Å². The van der Waals surface area contributed by atoms with Crippen molar-refractivity contribution in [3.63, 3.8) is 0 Å². The predicted molar refractivity (Wildman–Crippen MR) is 94.5 cm³/mol. The van der Waals surface area contributed by atoms with Crippen molar-refractivity contribution in [3.05, 3.63) is 71.7 Å². The number of hydrogen-bond donors (Lipinski definition) is 1. The molecule has 1 aromatic carbocycles. The molecule has 26 heavy (non-hydrogen) atoms. The first-order chi connectivity index (χ1) is 12.4. The molecule has 4 rings (SSSR count). The number of nitrogens with zero attached hydrogens (tertiary/aromatic N) is 2. The molecule has 1 amide bonds. The van der Waals surface area contributed by atoms with Gasteiger partial charge in [-0.2, -0.15) is 5.10 Å². The molecular weight excluding hydrogens is 333 g/mol. The number of halogens is 1. The van der Waals surface area contributed by atoms with E-state index in [2.05, 4.69) is 24.3 Å². The van der Waals surface area contributed by atoms with E-state index in [0.29, 0.717) is 5.56 Å². The number of fused-ring (bicyclic) bond motifs is 1. The Bertz CT molecular complexity index is 927. The van der Waals surface area contributed by atoms with Gasteiger partial charge in [-0.1, -0.05) is 13.8 Å². The van der Waals surface area contributed by atoms with Crippen molar-refractivity contribution in [1.29, 1.82) is 0 Å². The van der Waals surface area contributed by atoms with Crippen LogP contribution >= 0.6 is 0 Å². The van der Waals surface area contributed by atoms with Crippen molar-refractivity contribution < 1.29 is 13.6 Å². The van der Waals surface area contributed by atoms with Crippen molar-refractivity contribution in [3.8, 4) is 5.69 Å². The molecular formula is C20H20FN3O2. The lowest BCUT2D eigenvalue weighted by molar-refractivity contribution is 0.0918. The van der Waals surface area contributed by atoms with Crippen LogP contribution in [0.2, 0.25) is 0 Å².